The van der Waals surface area contributed by atoms with E-state index in [9.17, 15) is 0 Å². The minimum Gasteiger partial charge on any atom is -0.248 e. The van der Waals surface area contributed by atoms with Crippen molar-refractivity contribution in [3.8, 4) is 0 Å². The lowest BCUT2D eigenvalue weighted by atomic mass is 9.45. The molecule has 3 heteroatoms. The Bertz CT molecular complexity index is 290. The van der Waals surface area contributed by atoms with Crippen LogP contribution in [0, 0.1) is 5.92 Å². The molecule has 0 saturated heterocycles. The second kappa shape index (κ2) is 1.88. The highest BCUT2D eigenvalue weighted by Gasteiger charge is 2.59. The number of halogens is 1. The molecule has 2 bridgehead atoms. The van der Waals surface area contributed by atoms with Crippen LogP contribution < -0.4 is 0 Å². The smallest absolute Gasteiger partial charge is 0.0998 e. The molecule has 1 nitrogen and oxygen atoms in total. The van der Waals surface area contributed by atoms with Crippen LogP contribution in [0.1, 0.15) is 24.3 Å². The van der Waals surface area contributed by atoms with Crippen LogP contribution in [-0.4, -0.2) is 4.98 Å². The predicted octanol–water partition coefficient (Wildman–Crippen LogP) is 2.96. The summed E-state index contributed by atoms with van der Waals surface area (Å²) in [6.07, 6.45) is 6.16. The lowest BCUT2D eigenvalue weighted by Crippen LogP contribution is -2.55. The standard InChI is InChI=1S/C8H8BrNS/c9-6-4-10-7(11-6)8-1-5(2-8)3-8/h4-5H,1-3H2. The summed E-state index contributed by atoms with van der Waals surface area (Å²) in [5.41, 5.74) is 0.557. The predicted molar refractivity (Wildman–Crippen MR) is 48.8 cm³/mol. The van der Waals surface area contributed by atoms with Gasteiger partial charge >= 0.3 is 0 Å². The Hall–Kier alpha value is 0.110. The van der Waals surface area contributed by atoms with Crippen molar-refractivity contribution >= 4 is 27.3 Å². The fourth-order valence-corrected chi connectivity index (χ4v) is 3.66. The summed E-state index contributed by atoms with van der Waals surface area (Å²) in [5.74, 6) is 1.05. The van der Waals surface area contributed by atoms with Crippen molar-refractivity contribution in [2.24, 2.45) is 5.92 Å². The Morgan fingerprint density at radius 1 is 1.55 bits per heavy atom. The van der Waals surface area contributed by atoms with E-state index < -0.39 is 0 Å². The topological polar surface area (TPSA) is 12.9 Å². The zero-order valence-electron chi connectivity index (χ0n) is 6.01. The molecule has 3 aliphatic rings. The average Bonchev–Trinajstić information content (AvgIpc) is 2.06. The van der Waals surface area contributed by atoms with E-state index in [4.69, 9.17) is 0 Å². The van der Waals surface area contributed by atoms with E-state index in [0.717, 1.165) is 5.92 Å². The molecule has 1 heterocycles. The highest BCUT2D eigenvalue weighted by atomic mass is 79.9. The monoisotopic (exact) mass is 229 g/mol. The Morgan fingerprint density at radius 3 is 2.64 bits per heavy atom. The number of thiazole rings is 1. The van der Waals surface area contributed by atoms with Crippen molar-refractivity contribution < 1.29 is 0 Å². The van der Waals surface area contributed by atoms with Crippen molar-refractivity contribution in [1.29, 1.82) is 0 Å². The molecule has 0 unspecified atom stereocenters. The third-order valence-electron chi connectivity index (χ3n) is 2.97. The van der Waals surface area contributed by atoms with Crippen LogP contribution in [-0.2, 0) is 5.41 Å². The van der Waals surface area contributed by atoms with Gasteiger partial charge in [-0.1, -0.05) is 0 Å². The molecule has 1 aromatic rings. The van der Waals surface area contributed by atoms with E-state index in [-0.39, 0.29) is 0 Å². The normalized spacial score (nSPS) is 39.5. The molecule has 0 spiro atoms. The lowest BCUT2D eigenvalue weighted by molar-refractivity contribution is -0.0275. The maximum absolute atomic E-state index is 4.42. The number of hydrogen-bond donors (Lipinski definition) is 0. The first kappa shape index (κ1) is 6.61. The maximum atomic E-state index is 4.42. The van der Waals surface area contributed by atoms with Gasteiger partial charge < -0.3 is 0 Å². The molecular weight excluding hydrogens is 222 g/mol. The van der Waals surface area contributed by atoms with E-state index in [1.807, 2.05) is 17.5 Å². The van der Waals surface area contributed by atoms with Gasteiger partial charge in [-0.05, 0) is 41.1 Å². The van der Waals surface area contributed by atoms with Gasteiger partial charge in [-0.3, -0.25) is 0 Å². The van der Waals surface area contributed by atoms with Gasteiger partial charge in [0.15, 0.2) is 0 Å². The summed E-state index contributed by atoms with van der Waals surface area (Å²) < 4.78 is 1.18. The number of rotatable bonds is 1. The van der Waals surface area contributed by atoms with Crippen molar-refractivity contribution in [1.82, 2.24) is 4.98 Å². The fraction of sp³-hybridized carbons (Fsp3) is 0.625. The average molecular weight is 230 g/mol. The summed E-state index contributed by atoms with van der Waals surface area (Å²) in [5, 5.41) is 1.37. The molecule has 0 radical (unpaired) electrons. The largest absolute Gasteiger partial charge is 0.248 e. The minimum absolute atomic E-state index is 0.557. The van der Waals surface area contributed by atoms with Gasteiger partial charge in [0, 0.05) is 5.41 Å². The van der Waals surface area contributed by atoms with Gasteiger partial charge in [0.05, 0.1) is 15.0 Å². The third kappa shape index (κ3) is 0.733. The van der Waals surface area contributed by atoms with Crippen LogP contribution in [0.5, 0.6) is 0 Å². The summed E-state index contributed by atoms with van der Waals surface area (Å²) in [6, 6.07) is 0. The van der Waals surface area contributed by atoms with Crippen LogP contribution in [0.2, 0.25) is 0 Å². The highest BCUT2D eigenvalue weighted by molar-refractivity contribution is 9.11. The van der Waals surface area contributed by atoms with Crippen molar-refractivity contribution in [3.63, 3.8) is 0 Å². The molecule has 3 saturated carbocycles. The first-order valence-electron chi connectivity index (χ1n) is 3.90. The quantitative estimate of drug-likeness (QED) is 0.722. The Balaban J connectivity index is 1.99. The van der Waals surface area contributed by atoms with E-state index in [2.05, 4.69) is 20.9 Å². The van der Waals surface area contributed by atoms with E-state index in [1.54, 1.807) is 0 Å². The molecule has 0 aromatic carbocycles. The SMILES string of the molecule is Brc1cnc(C23CC(C2)C3)s1. The zero-order valence-corrected chi connectivity index (χ0v) is 8.41. The summed E-state index contributed by atoms with van der Waals surface area (Å²) in [7, 11) is 0. The molecule has 0 aliphatic heterocycles. The first-order valence-corrected chi connectivity index (χ1v) is 5.51. The number of nitrogens with zero attached hydrogens (tertiary/aromatic N) is 1. The first-order chi connectivity index (χ1) is 5.28. The molecule has 3 fully saturated rings. The second-order valence-corrected chi connectivity index (χ2v) is 6.14. The maximum Gasteiger partial charge on any atom is 0.0998 e. The molecule has 4 rings (SSSR count). The van der Waals surface area contributed by atoms with E-state index >= 15 is 0 Å². The van der Waals surface area contributed by atoms with Gasteiger partial charge in [0.25, 0.3) is 0 Å². The third-order valence-corrected chi connectivity index (χ3v) is 4.69. The van der Waals surface area contributed by atoms with Crippen molar-refractivity contribution in [2.45, 2.75) is 24.7 Å². The second-order valence-electron chi connectivity index (χ2n) is 3.73. The molecular formula is C8H8BrNS. The van der Waals surface area contributed by atoms with Crippen molar-refractivity contribution in [3.05, 3.63) is 15.0 Å². The number of aromatic nitrogens is 1. The van der Waals surface area contributed by atoms with E-state index in [1.165, 1.54) is 28.1 Å². The van der Waals surface area contributed by atoms with Crippen LogP contribution in [0.3, 0.4) is 0 Å². The molecule has 3 aliphatic carbocycles. The molecule has 58 valence electrons. The lowest BCUT2D eigenvalue weighted by Gasteiger charge is -2.60. The Labute approximate surface area is 78.0 Å². The van der Waals surface area contributed by atoms with Crippen LogP contribution in [0.4, 0.5) is 0 Å². The zero-order chi connectivity index (χ0) is 7.47. The van der Waals surface area contributed by atoms with Crippen LogP contribution >= 0.6 is 27.3 Å². The Kier molecular flexibility index (Phi) is 1.13. The molecule has 1 aromatic heterocycles. The number of hydrogen-bond acceptors (Lipinski definition) is 2. The Morgan fingerprint density at radius 2 is 2.27 bits per heavy atom. The molecule has 11 heavy (non-hydrogen) atoms. The minimum atomic E-state index is 0.557. The summed E-state index contributed by atoms with van der Waals surface area (Å²) in [4.78, 5) is 4.42. The van der Waals surface area contributed by atoms with Crippen LogP contribution in [0.15, 0.2) is 9.98 Å². The fourth-order valence-electron chi connectivity index (χ4n) is 2.24. The molecule has 0 N–H and O–H groups in total. The molecule has 0 amide bonds. The van der Waals surface area contributed by atoms with Crippen LogP contribution in [0.25, 0.3) is 0 Å². The van der Waals surface area contributed by atoms with Gasteiger partial charge in [0.2, 0.25) is 0 Å². The highest BCUT2D eigenvalue weighted by Crippen LogP contribution is 2.65. The van der Waals surface area contributed by atoms with Gasteiger partial charge in [0.1, 0.15) is 0 Å². The van der Waals surface area contributed by atoms with E-state index in [0.29, 0.717) is 5.41 Å². The molecule has 0 atom stereocenters. The van der Waals surface area contributed by atoms with Crippen molar-refractivity contribution in [2.75, 3.05) is 0 Å². The van der Waals surface area contributed by atoms with Gasteiger partial charge in [-0.25, -0.2) is 4.98 Å². The van der Waals surface area contributed by atoms with Gasteiger partial charge in [-0.15, -0.1) is 11.3 Å². The van der Waals surface area contributed by atoms with Gasteiger partial charge in [-0.2, -0.15) is 0 Å². The summed E-state index contributed by atoms with van der Waals surface area (Å²) >= 11 is 5.27. The summed E-state index contributed by atoms with van der Waals surface area (Å²) in [6.45, 7) is 0.